The maximum Gasteiger partial charge on any atom is 0.319 e. The summed E-state index contributed by atoms with van der Waals surface area (Å²) in [4.78, 5) is 39.8. The first-order valence-corrected chi connectivity index (χ1v) is 9.27. The van der Waals surface area contributed by atoms with E-state index in [0.29, 0.717) is 31.6 Å². The highest BCUT2D eigenvalue weighted by atomic mass is 16.3. The Hall–Kier alpha value is -3.56. The number of aromatic hydroxyl groups is 1. The van der Waals surface area contributed by atoms with E-state index in [4.69, 9.17) is 0 Å². The summed E-state index contributed by atoms with van der Waals surface area (Å²) in [5, 5.41) is 14.1. The Balaban J connectivity index is 1.53. The van der Waals surface area contributed by atoms with Crippen LogP contribution in [0.15, 0.2) is 36.5 Å². The fourth-order valence-electron chi connectivity index (χ4n) is 3.13. The molecule has 4 amide bonds. The number of nitrogens with one attached hydrogen (secondary N) is 2. The highest BCUT2D eigenvalue weighted by Gasteiger charge is 2.28. The third-order valence-corrected chi connectivity index (χ3v) is 4.75. The van der Waals surface area contributed by atoms with Crippen molar-refractivity contribution in [2.45, 2.75) is 12.8 Å². The van der Waals surface area contributed by atoms with Gasteiger partial charge in [0.05, 0.1) is 11.9 Å². The molecule has 1 aliphatic heterocycles. The maximum atomic E-state index is 12.3. The summed E-state index contributed by atoms with van der Waals surface area (Å²) < 4.78 is 1.38. The second-order valence-electron chi connectivity index (χ2n) is 7.02. The van der Waals surface area contributed by atoms with Gasteiger partial charge in [0, 0.05) is 33.1 Å². The van der Waals surface area contributed by atoms with E-state index in [1.165, 1.54) is 15.8 Å². The lowest BCUT2D eigenvalue weighted by molar-refractivity contribution is -0.127. The van der Waals surface area contributed by atoms with Gasteiger partial charge in [-0.25, -0.2) is 9.48 Å². The molecule has 1 saturated heterocycles. The molecule has 10 heteroatoms. The van der Waals surface area contributed by atoms with Crippen LogP contribution in [0, 0.1) is 5.92 Å². The van der Waals surface area contributed by atoms with Gasteiger partial charge in [0.2, 0.25) is 5.91 Å². The third-order valence-electron chi connectivity index (χ3n) is 4.75. The summed E-state index contributed by atoms with van der Waals surface area (Å²) in [5.74, 6) is -1.66. The van der Waals surface area contributed by atoms with Crippen molar-refractivity contribution >= 4 is 17.8 Å². The Morgan fingerprint density at radius 2 is 1.76 bits per heavy atom. The monoisotopic (exact) mass is 400 g/mol. The molecule has 1 aromatic carbocycles. The van der Waals surface area contributed by atoms with Crippen molar-refractivity contribution in [1.29, 1.82) is 0 Å². The second-order valence-corrected chi connectivity index (χ2v) is 7.02. The largest absolute Gasteiger partial charge is 0.504 e. The number of hydrogen-bond acceptors (Lipinski definition) is 5. The van der Waals surface area contributed by atoms with Gasteiger partial charge in [0.1, 0.15) is 0 Å². The average Bonchev–Trinajstić information content (AvgIpc) is 3.13. The van der Waals surface area contributed by atoms with Crippen LogP contribution in [0.4, 0.5) is 4.79 Å². The number of amides is 4. The normalized spacial score (nSPS) is 14.3. The Morgan fingerprint density at radius 1 is 1.10 bits per heavy atom. The van der Waals surface area contributed by atoms with Crippen LogP contribution in [0.3, 0.4) is 0 Å². The molecule has 10 nitrogen and oxygen atoms in total. The number of urea groups is 1. The number of hydrazine groups is 1. The topological polar surface area (TPSA) is 120 Å². The lowest BCUT2D eigenvalue weighted by Crippen LogP contribution is -2.49. The fourth-order valence-corrected chi connectivity index (χ4v) is 3.13. The number of aromatic nitrogens is 2. The number of piperidine rings is 1. The quantitative estimate of drug-likeness (QED) is 0.656. The molecule has 3 rings (SSSR count). The minimum Gasteiger partial charge on any atom is -0.504 e. The molecule has 0 saturated carbocycles. The molecule has 1 aliphatic rings. The summed E-state index contributed by atoms with van der Waals surface area (Å²) in [5.41, 5.74) is 5.16. The zero-order valence-electron chi connectivity index (χ0n) is 16.3. The number of nitrogens with zero attached hydrogens (tertiary/aromatic N) is 4. The number of benzene rings is 1. The fraction of sp³-hybridized carbons (Fsp3) is 0.368. The van der Waals surface area contributed by atoms with E-state index in [1.807, 2.05) is 18.2 Å². The standard InChI is InChI=1S/C19H24N6O4/c1-23(2)19(29)24-10-8-13(9-11-24)17(27)20-21-18(28)16-15(26)12-25(22-16)14-6-4-3-5-7-14/h3-7,12-13,26H,8-11H2,1-2H3,(H,20,27)(H,21,28). The van der Waals surface area contributed by atoms with Crippen molar-refractivity contribution in [2.24, 2.45) is 5.92 Å². The number of para-hydroxylation sites is 1. The molecule has 1 aromatic heterocycles. The first-order valence-electron chi connectivity index (χ1n) is 9.27. The molecule has 29 heavy (non-hydrogen) atoms. The average molecular weight is 400 g/mol. The van der Waals surface area contributed by atoms with E-state index in [9.17, 15) is 19.5 Å². The Kier molecular flexibility index (Phi) is 6.01. The second kappa shape index (κ2) is 8.63. The zero-order valence-corrected chi connectivity index (χ0v) is 16.3. The smallest absolute Gasteiger partial charge is 0.319 e. The van der Waals surface area contributed by atoms with Crippen molar-refractivity contribution in [1.82, 2.24) is 30.4 Å². The van der Waals surface area contributed by atoms with Crippen molar-refractivity contribution in [3.63, 3.8) is 0 Å². The van der Waals surface area contributed by atoms with Crippen molar-refractivity contribution in [3.8, 4) is 11.4 Å². The van der Waals surface area contributed by atoms with Gasteiger partial charge < -0.3 is 14.9 Å². The van der Waals surface area contributed by atoms with Crippen LogP contribution in [-0.4, -0.2) is 69.7 Å². The molecule has 2 aromatic rings. The van der Waals surface area contributed by atoms with Gasteiger partial charge in [0.25, 0.3) is 5.91 Å². The molecule has 0 spiro atoms. The zero-order chi connectivity index (χ0) is 21.0. The van der Waals surface area contributed by atoms with Crippen LogP contribution in [0.5, 0.6) is 5.75 Å². The van der Waals surface area contributed by atoms with Crippen LogP contribution in [0.1, 0.15) is 23.3 Å². The van der Waals surface area contributed by atoms with Crippen LogP contribution < -0.4 is 10.9 Å². The van der Waals surface area contributed by atoms with Crippen LogP contribution in [0.25, 0.3) is 5.69 Å². The SMILES string of the molecule is CN(C)C(=O)N1CCC(C(=O)NNC(=O)c2nn(-c3ccccc3)cc2O)CC1. The number of hydrogen-bond donors (Lipinski definition) is 3. The highest BCUT2D eigenvalue weighted by Crippen LogP contribution is 2.19. The minimum absolute atomic E-state index is 0.0818. The predicted molar refractivity (Wildman–Crippen MR) is 104 cm³/mol. The van der Waals surface area contributed by atoms with E-state index in [2.05, 4.69) is 16.0 Å². The molecule has 0 radical (unpaired) electrons. The van der Waals surface area contributed by atoms with Crippen LogP contribution >= 0.6 is 0 Å². The summed E-state index contributed by atoms with van der Waals surface area (Å²) in [6.45, 7) is 0.955. The lowest BCUT2D eigenvalue weighted by Gasteiger charge is -2.32. The minimum atomic E-state index is -0.717. The molecular formula is C19H24N6O4. The summed E-state index contributed by atoms with van der Waals surface area (Å²) >= 11 is 0. The molecule has 0 bridgehead atoms. The molecule has 1 fully saturated rings. The predicted octanol–water partition coefficient (Wildman–Crippen LogP) is 0.733. The van der Waals surface area contributed by atoms with E-state index in [-0.39, 0.29) is 29.3 Å². The number of rotatable bonds is 3. The molecular weight excluding hydrogens is 376 g/mol. The van der Waals surface area contributed by atoms with Gasteiger partial charge in [-0.15, -0.1) is 0 Å². The molecule has 2 heterocycles. The summed E-state index contributed by atoms with van der Waals surface area (Å²) in [6, 6.07) is 8.95. The molecule has 0 aliphatic carbocycles. The summed E-state index contributed by atoms with van der Waals surface area (Å²) in [6.07, 6.45) is 2.34. The molecule has 3 N–H and O–H groups in total. The first-order chi connectivity index (χ1) is 13.9. The highest BCUT2D eigenvalue weighted by molar-refractivity contribution is 5.96. The van der Waals surface area contributed by atoms with E-state index < -0.39 is 5.91 Å². The first kappa shape index (κ1) is 20.2. The molecule has 0 atom stereocenters. The maximum absolute atomic E-state index is 12.3. The summed E-state index contributed by atoms with van der Waals surface area (Å²) in [7, 11) is 3.37. The van der Waals surface area contributed by atoms with Gasteiger partial charge in [-0.1, -0.05) is 18.2 Å². The number of carbonyl (C=O) groups is 3. The van der Waals surface area contributed by atoms with E-state index in [1.54, 1.807) is 31.1 Å². The Bertz CT molecular complexity index is 887. The molecule has 0 unspecified atom stereocenters. The van der Waals surface area contributed by atoms with Crippen molar-refractivity contribution < 1.29 is 19.5 Å². The van der Waals surface area contributed by atoms with Crippen molar-refractivity contribution in [3.05, 3.63) is 42.2 Å². The third kappa shape index (κ3) is 4.65. The van der Waals surface area contributed by atoms with Gasteiger partial charge in [-0.2, -0.15) is 5.10 Å². The van der Waals surface area contributed by atoms with Crippen LogP contribution in [0.2, 0.25) is 0 Å². The van der Waals surface area contributed by atoms with Gasteiger partial charge in [-0.3, -0.25) is 20.4 Å². The van der Waals surface area contributed by atoms with E-state index in [0.717, 1.165) is 0 Å². The molecule has 154 valence electrons. The Morgan fingerprint density at radius 3 is 2.38 bits per heavy atom. The Labute approximate surface area is 168 Å². The number of carbonyl (C=O) groups excluding carboxylic acids is 3. The lowest BCUT2D eigenvalue weighted by atomic mass is 9.96. The van der Waals surface area contributed by atoms with Gasteiger partial charge in [-0.05, 0) is 25.0 Å². The van der Waals surface area contributed by atoms with Gasteiger partial charge >= 0.3 is 6.03 Å². The number of likely N-dealkylation sites (tertiary alicyclic amines) is 1. The van der Waals surface area contributed by atoms with Crippen LogP contribution in [-0.2, 0) is 4.79 Å². The van der Waals surface area contributed by atoms with Gasteiger partial charge in [0.15, 0.2) is 11.4 Å². The van der Waals surface area contributed by atoms with Crippen molar-refractivity contribution in [2.75, 3.05) is 27.2 Å². The van der Waals surface area contributed by atoms with E-state index >= 15 is 0 Å².